The summed E-state index contributed by atoms with van der Waals surface area (Å²) in [5, 5.41) is 23.8. The van der Waals surface area contributed by atoms with E-state index in [1.165, 1.54) is 29.4 Å². The highest BCUT2D eigenvalue weighted by Gasteiger charge is 2.45. The van der Waals surface area contributed by atoms with E-state index < -0.39 is 50.8 Å². The van der Waals surface area contributed by atoms with Crippen LogP contribution in [0.5, 0.6) is 5.75 Å². The lowest BCUT2D eigenvalue weighted by atomic mass is 10.1. The van der Waals surface area contributed by atoms with Gasteiger partial charge in [-0.2, -0.15) is 0 Å². The molecule has 0 bridgehead atoms. The predicted octanol–water partition coefficient (Wildman–Crippen LogP) is 0.566. The van der Waals surface area contributed by atoms with E-state index in [0.717, 1.165) is 5.56 Å². The van der Waals surface area contributed by atoms with Crippen LogP contribution in [-0.2, 0) is 46.1 Å². The van der Waals surface area contributed by atoms with Gasteiger partial charge in [-0.1, -0.05) is 42.5 Å². The second-order valence-corrected chi connectivity index (χ2v) is 11.6. The van der Waals surface area contributed by atoms with Crippen molar-refractivity contribution in [2.24, 2.45) is 5.50 Å². The highest BCUT2D eigenvalue weighted by molar-refractivity contribution is 7.51. The molecule has 0 radical (unpaired) electrons. The molecule has 1 saturated heterocycles. The van der Waals surface area contributed by atoms with Crippen LogP contribution in [0.15, 0.2) is 67.3 Å². The molecule has 244 valence electrons. The summed E-state index contributed by atoms with van der Waals surface area (Å²) in [4.78, 5) is 36.1. The minimum Gasteiger partial charge on any atom is -0.460 e. The first-order valence-electron chi connectivity index (χ1n) is 13.9. The number of nitrogens with one attached hydrogen (secondary N) is 1. The molecule has 0 saturated carbocycles. The number of nitrogen functional groups attached to an aromatic ring is 1. The molecule has 5 atom stereocenters. The van der Waals surface area contributed by atoms with Gasteiger partial charge in [0.2, 0.25) is 0 Å². The van der Waals surface area contributed by atoms with Gasteiger partial charge in [-0.15, -0.1) is 0 Å². The number of ether oxygens (including phenoxy) is 3. The Labute approximate surface area is 262 Å². The van der Waals surface area contributed by atoms with Gasteiger partial charge in [0.25, 0.3) is 0 Å². The number of hydrogen-bond donors (Lipinski definition) is 5. The van der Waals surface area contributed by atoms with Crippen LogP contribution in [0.25, 0.3) is 11.2 Å². The molecule has 46 heavy (non-hydrogen) atoms. The van der Waals surface area contributed by atoms with Crippen LogP contribution in [0.4, 0.5) is 5.82 Å². The number of fused-ring (bicyclic) bond motifs is 1. The zero-order chi connectivity index (χ0) is 32.7. The lowest BCUT2D eigenvalue weighted by Crippen LogP contribution is -2.34. The minimum atomic E-state index is -4.24. The molecule has 17 nitrogen and oxygen atoms in total. The van der Waals surface area contributed by atoms with Gasteiger partial charge in [0, 0.05) is 0 Å². The van der Waals surface area contributed by atoms with E-state index in [0.29, 0.717) is 5.56 Å². The van der Waals surface area contributed by atoms with E-state index in [-0.39, 0.29) is 49.0 Å². The van der Waals surface area contributed by atoms with Crippen molar-refractivity contribution in [1.29, 1.82) is 0 Å². The largest absolute Gasteiger partial charge is 0.460 e. The molecule has 1 aliphatic rings. The van der Waals surface area contributed by atoms with Crippen LogP contribution in [0.1, 0.15) is 17.4 Å². The van der Waals surface area contributed by atoms with Crippen LogP contribution in [0.3, 0.4) is 0 Å². The van der Waals surface area contributed by atoms with Crippen LogP contribution < -0.4 is 21.1 Å². The maximum absolute atomic E-state index is 12.9. The number of nitrogens with two attached hydrogens (primary N) is 2. The van der Waals surface area contributed by atoms with Crippen molar-refractivity contribution in [2.75, 3.05) is 25.4 Å². The molecule has 0 aliphatic carbocycles. The van der Waals surface area contributed by atoms with Gasteiger partial charge in [0.05, 0.1) is 26.0 Å². The number of nitrogens with zero attached hydrogens (tertiary/aromatic N) is 4. The molecule has 7 N–H and O–H groups in total. The van der Waals surface area contributed by atoms with Crippen LogP contribution in [0.2, 0.25) is 0 Å². The molecule has 0 spiro atoms. The average Bonchev–Trinajstić information content (AvgIpc) is 3.59. The molecule has 0 amide bonds. The maximum atomic E-state index is 12.9. The first-order chi connectivity index (χ1) is 22.1. The van der Waals surface area contributed by atoms with Crippen LogP contribution in [-0.4, -0.2) is 79.7 Å². The number of carbonyl (C=O) groups is 2. The van der Waals surface area contributed by atoms with Crippen molar-refractivity contribution < 1.29 is 47.6 Å². The van der Waals surface area contributed by atoms with Gasteiger partial charge in [-0.05, 0) is 23.3 Å². The van der Waals surface area contributed by atoms with E-state index in [2.05, 4.69) is 20.3 Å². The number of aliphatic hydroxyl groups is 2. The summed E-state index contributed by atoms with van der Waals surface area (Å²) in [5.41, 5.74) is 13.5. The zero-order valence-electron chi connectivity index (χ0n) is 24.2. The fraction of sp³-hybridized carbons (Fsp3) is 0.321. The Morgan fingerprint density at radius 1 is 0.957 bits per heavy atom. The molecular formula is C28H32N7O10P. The van der Waals surface area contributed by atoms with Crippen molar-refractivity contribution in [1.82, 2.24) is 24.8 Å². The van der Waals surface area contributed by atoms with E-state index in [9.17, 15) is 24.4 Å². The fourth-order valence-corrected chi connectivity index (χ4v) is 5.28. The number of aliphatic hydroxyl groups excluding tert-OH is 2. The third-order valence-electron chi connectivity index (χ3n) is 6.73. The fourth-order valence-electron chi connectivity index (χ4n) is 4.47. The van der Waals surface area contributed by atoms with Gasteiger partial charge in [-0.25, -0.2) is 25.0 Å². The Kier molecular flexibility index (Phi) is 10.5. The summed E-state index contributed by atoms with van der Waals surface area (Å²) in [7, 11) is -4.24. The van der Waals surface area contributed by atoms with Crippen molar-refractivity contribution in [3.63, 3.8) is 0 Å². The molecule has 2 aromatic carbocycles. The monoisotopic (exact) mass is 657 g/mol. The van der Waals surface area contributed by atoms with Crippen LogP contribution in [0, 0.1) is 0 Å². The number of imidazole rings is 1. The molecule has 1 aliphatic heterocycles. The lowest BCUT2D eigenvalue weighted by molar-refractivity contribution is -0.145. The molecule has 3 heterocycles. The van der Waals surface area contributed by atoms with E-state index in [1.54, 1.807) is 12.1 Å². The van der Waals surface area contributed by atoms with Gasteiger partial charge in [-0.3, -0.25) is 24.0 Å². The minimum absolute atomic E-state index is 0.0617. The van der Waals surface area contributed by atoms with Crippen molar-refractivity contribution in [3.8, 4) is 5.75 Å². The highest BCUT2D eigenvalue weighted by Crippen LogP contribution is 2.42. The van der Waals surface area contributed by atoms with E-state index in [4.69, 9.17) is 34.5 Å². The zero-order valence-corrected chi connectivity index (χ0v) is 25.1. The third kappa shape index (κ3) is 8.41. The Morgan fingerprint density at radius 2 is 1.65 bits per heavy atom. The summed E-state index contributed by atoms with van der Waals surface area (Å²) >= 11 is 0. The molecule has 5 rings (SSSR count). The predicted molar refractivity (Wildman–Crippen MR) is 159 cm³/mol. The SMILES string of the molecule is Nc1ncnc2c1ncn2[C@@H]1O[C@H](COP(N)(=O)Oc2cccc(COC(=O)CNCC(=O)OCc3ccccc3)c2)[C@@H](O)[C@H]1O. The molecule has 1 unspecified atom stereocenters. The second-order valence-electron chi connectivity index (χ2n) is 10.1. The molecule has 1 fully saturated rings. The van der Waals surface area contributed by atoms with Crippen molar-refractivity contribution in [3.05, 3.63) is 78.4 Å². The standard InChI is InChI=1S/C28H32N7O10P/c29-26-23-27(33-15-32-26)35(16-34-23)28-25(39)24(38)20(44-28)14-43-46(30,40)45-19-8-4-7-18(9-19)13-42-22(37)11-31-10-21(36)41-12-17-5-2-1-3-6-17/h1-9,15-16,20,24-25,28,31,38-39H,10-14H2,(H2,30,40)(H2,29,32,33)/t20-,24-,25-,28-,46?/m1/s1. The number of hydrogen-bond acceptors (Lipinski definition) is 15. The van der Waals surface area contributed by atoms with Crippen molar-refractivity contribution in [2.45, 2.75) is 37.8 Å². The number of anilines is 1. The Morgan fingerprint density at radius 3 is 2.39 bits per heavy atom. The second kappa shape index (κ2) is 14.7. The van der Waals surface area contributed by atoms with Gasteiger partial charge < -0.3 is 34.7 Å². The Balaban J connectivity index is 1.05. The third-order valence-corrected chi connectivity index (χ3v) is 7.70. The Bertz CT molecular complexity index is 1710. The average molecular weight is 658 g/mol. The topological polar surface area (TPSA) is 245 Å². The molecule has 2 aromatic heterocycles. The highest BCUT2D eigenvalue weighted by atomic mass is 31.2. The molecule has 4 aromatic rings. The first-order valence-corrected chi connectivity index (χ1v) is 15.5. The van der Waals surface area contributed by atoms with Gasteiger partial charge in [0.15, 0.2) is 17.7 Å². The summed E-state index contributed by atoms with van der Waals surface area (Å²) in [6.07, 6.45) is -2.54. The maximum Gasteiger partial charge on any atom is 0.456 e. The lowest BCUT2D eigenvalue weighted by Gasteiger charge is -2.19. The molecule has 18 heteroatoms. The van der Waals surface area contributed by atoms with E-state index in [1.807, 2.05) is 30.3 Å². The number of benzene rings is 2. The molecular weight excluding hydrogens is 625 g/mol. The summed E-state index contributed by atoms with van der Waals surface area (Å²) in [5.74, 6) is -0.949. The summed E-state index contributed by atoms with van der Waals surface area (Å²) < 4.78 is 41.0. The summed E-state index contributed by atoms with van der Waals surface area (Å²) in [6.45, 7) is -0.916. The van der Waals surface area contributed by atoms with Crippen LogP contribution >= 0.6 is 7.75 Å². The smallest absolute Gasteiger partial charge is 0.456 e. The quantitative estimate of drug-likeness (QED) is 0.0918. The number of carbonyl (C=O) groups excluding carboxylic acids is 2. The van der Waals surface area contributed by atoms with E-state index >= 15 is 0 Å². The van der Waals surface area contributed by atoms with Gasteiger partial charge >= 0.3 is 19.7 Å². The van der Waals surface area contributed by atoms with Gasteiger partial charge in [0.1, 0.15) is 49.1 Å². The Hall–Kier alpha value is -4.48. The number of esters is 2. The first kappa shape index (κ1) is 32.9. The van der Waals surface area contributed by atoms with Crippen molar-refractivity contribution >= 4 is 36.7 Å². The summed E-state index contributed by atoms with van der Waals surface area (Å²) in [6, 6.07) is 15.3. The normalized spacial score (nSPS) is 20.7. The number of rotatable bonds is 14. The number of aromatic nitrogens is 4.